The van der Waals surface area contributed by atoms with Crippen molar-refractivity contribution in [2.45, 2.75) is 23.7 Å². The Morgan fingerprint density at radius 2 is 1.91 bits per heavy atom. The van der Waals surface area contributed by atoms with Gasteiger partial charge in [-0.05, 0) is 31.5 Å². The number of hydrogen-bond acceptors (Lipinski definition) is 5. The third-order valence-corrected chi connectivity index (χ3v) is 5.09. The van der Waals surface area contributed by atoms with Crippen LogP contribution in [0.5, 0.6) is 0 Å². The zero-order valence-electron chi connectivity index (χ0n) is 12.5. The van der Waals surface area contributed by atoms with Crippen molar-refractivity contribution in [3.05, 3.63) is 42.4 Å². The van der Waals surface area contributed by atoms with Crippen molar-refractivity contribution in [1.82, 2.24) is 15.3 Å². The van der Waals surface area contributed by atoms with Gasteiger partial charge in [-0.1, -0.05) is 12.1 Å². The Bertz CT molecular complexity index is 734. The van der Waals surface area contributed by atoms with Crippen LogP contribution in [-0.4, -0.2) is 37.7 Å². The monoisotopic (exact) mass is 317 g/mol. The topological polar surface area (TPSA) is 72.0 Å². The lowest BCUT2D eigenvalue weighted by molar-refractivity contribution is 0.454. The summed E-state index contributed by atoms with van der Waals surface area (Å²) < 4.78 is 22.9. The van der Waals surface area contributed by atoms with Crippen molar-refractivity contribution in [2.75, 3.05) is 19.3 Å². The van der Waals surface area contributed by atoms with E-state index in [9.17, 15) is 8.42 Å². The third-order valence-electron chi connectivity index (χ3n) is 3.97. The highest BCUT2D eigenvalue weighted by Crippen LogP contribution is 2.23. The molecule has 2 heterocycles. The molecule has 0 bridgehead atoms. The van der Waals surface area contributed by atoms with E-state index in [1.54, 1.807) is 30.5 Å². The highest BCUT2D eigenvalue weighted by molar-refractivity contribution is 7.90. The van der Waals surface area contributed by atoms with Gasteiger partial charge in [0.15, 0.2) is 9.84 Å². The first-order chi connectivity index (χ1) is 10.5. The fraction of sp³-hybridized carbons (Fsp3) is 0.375. The first-order valence-electron chi connectivity index (χ1n) is 7.37. The number of hydrogen-bond donors (Lipinski definition) is 1. The first kappa shape index (κ1) is 15.1. The minimum atomic E-state index is -3.17. The minimum absolute atomic E-state index is 0.314. The molecule has 2 aromatic rings. The van der Waals surface area contributed by atoms with Gasteiger partial charge in [-0.15, -0.1) is 0 Å². The van der Waals surface area contributed by atoms with Crippen LogP contribution in [0.2, 0.25) is 0 Å². The average Bonchev–Trinajstić information content (AvgIpc) is 2.55. The molecule has 0 amide bonds. The van der Waals surface area contributed by atoms with Crippen molar-refractivity contribution < 1.29 is 8.42 Å². The van der Waals surface area contributed by atoms with E-state index in [0.717, 1.165) is 36.5 Å². The molecule has 5 nitrogen and oxygen atoms in total. The molecule has 22 heavy (non-hydrogen) atoms. The molecule has 0 saturated carbocycles. The van der Waals surface area contributed by atoms with Crippen LogP contribution in [0.25, 0.3) is 11.3 Å². The Kier molecular flexibility index (Phi) is 4.22. The number of nitrogens with one attached hydrogen (secondary N) is 1. The molecule has 6 heteroatoms. The zero-order valence-corrected chi connectivity index (χ0v) is 13.3. The molecule has 1 aliphatic heterocycles. The van der Waals surface area contributed by atoms with Gasteiger partial charge < -0.3 is 5.32 Å². The first-order valence-corrected chi connectivity index (χ1v) is 9.26. The van der Waals surface area contributed by atoms with E-state index in [2.05, 4.69) is 15.3 Å². The fourth-order valence-corrected chi connectivity index (χ4v) is 3.31. The van der Waals surface area contributed by atoms with Crippen molar-refractivity contribution in [1.29, 1.82) is 0 Å². The van der Waals surface area contributed by atoms with E-state index >= 15 is 0 Å². The van der Waals surface area contributed by atoms with E-state index in [-0.39, 0.29) is 0 Å². The van der Waals surface area contributed by atoms with Gasteiger partial charge in [0.05, 0.1) is 22.5 Å². The lowest BCUT2D eigenvalue weighted by Gasteiger charge is -2.21. The molecular formula is C16H19N3O2S. The summed E-state index contributed by atoms with van der Waals surface area (Å²) in [4.78, 5) is 9.32. The molecule has 1 atom stereocenters. The lowest BCUT2D eigenvalue weighted by Crippen LogP contribution is -2.28. The average molecular weight is 317 g/mol. The predicted molar refractivity (Wildman–Crippen MR) is 85.4 cm³/mol. The van der Waals surface area contributed by atoms with E-state index < -0.39 is 9.84 Å². The van der Waals surface area contributed by atoms with Crippen molar-refractivity contribution in [3.63, 3.8) is 0 Å². The zero-order chi connectivity index (χ0) is 15.6. The number of aromatic nitrogens is 2. The van der Waals surface area contributed by atoms with Gasteiger partial charge in [0, 0.05) is 30.5 Å². The second-order valence-corrected chi connectivity index (χ2v) is 7.68. The van der Waals surface area contributed by atoms with Crippen LogP contribution >= 0.6 is 0 Å². The molecule has 116 valence electrons. The van der Waals surface area contributed by atoms with Crippen LogP contribution in [0.1, 0.15) is 24.5 Å². The summed E-state index contributed by atoms with van der Waals surface area (Å²) in [5.41, 5.74) is 2.64. The maximum absolute atomic E-state index is 11.5. The van der Waals surface area contributed by atoms with Crippen LogP contribution in [0, 0.1) is 0 Å². The summed E-state index contributed by atoms with van der Waals surface area (Å²) >= 11 is 0. The Hall–Kier alpha value is -1.79. The molecule has 0 radical (unpaired) electrons. The van der Waals surface area contributed by atoms with Gasteiger partial charge in [-0.25, -0.2) is 8.42 Å². The summed E-state index contributed by atoms with van der Waals surface area (Å²) in [6.07, 6.45) is 7.11. The van der Waals surface area contributed by atoms with Crippen LogP contribution in [0.4, 0.5) is 0 Å². The Balaban J connectivity index is 1.80. The molecule has 0 unspecified atom stereocenters. The molecule has 1 aromatic heterocycles. The van der Waals surface area contributed by atoms with Gasteiger partial charge in [-0.3, -0.25) is 9.97 Å². The smallest absolute Gasteiger partial charge is 0.175 e. The molecule has 1 aliphatic rings. The number of benzene rings is 1. The van der Waals surface area contributed by atoms with Gasteiger partial charge in [0.1, 0.15) is 0 Å². The minimum Gasteiger partial charge on any atom is -0.316 e. The Morgan fingerprint density at radius 3 is 2.45 bits per heavy atom. The van der Waals surface area contributed by atoms with Crippen LogP contribution in [0.15, 0.2) is 41.6 Å². The van der Waals surface area contributed by atoms with Crippen LogP contribution in [-0.2, 0) is 9.84 Å². The summed E-state index contributed by atoms with van der Waals surface area (Å²) in [5.74, 6) is 0.433. The lowest BCUT2D eigenvalue weighted by atomic mass is 9.96. The number of nitrogens with zero attached hydrogens (tertiary/aromatic N) is 2. The predicted octanol–water partition coefficient (Wildman–Crippen LogP) is 2.01. The van der Waals surface area contributed by atoms with Crippen molar-refractivity contribution in [2.24, 2.45) is 0 Å². The standard InChI is InChI=1S/C16H19N3O2S/c1-22(20,21)14-6-4-12(5-7-14)15-10-19-16(11-18-15)13-3-2-8-17-9-13/h4-7,10-11,13,17H,2-3,8-9H2,1H3/t13-/m1/s1. The van der Waals surface area contributed by atoms with Crippen LogP contribution in [0.3, 0.4) is 0 Å². The molecule has 3 rings (SSSR count). The maximum Gasteiger partial charge on any atom is 0.175 e. The summed E-state index contributed by atoms with van der Waals surface area (Å²) in [5, 5.41) is 3.38. The number of rotatable bonds is 3. The number of piperidine rings is 1. The number of sulfone groups is 1. The fourth-order valence-electron chi connectivity index (χ4n) is 2.68. The quantitative estimate of drug-likeness (QED) is 0.937. The van der Waals surface area contributed by atoms with Gasteiger partial charge in [0.25, 0.3) is 0 Å². The van der Waals surface area contributed by atoms with Crippen LogP contribution < -0.4 is 5.32 Å². The Labute approximate surface area is 130 Å². The summed E-state index contributed by atoms with van der Waals surface area (Å²) in [6.45, 7) is 2.03. The van der Waals surface area contributed by atoms with E-state index in [1.165, 1.54) is 12.7 Å². The molecule has 1 saturated heterocycles. The molecule has 1 N–H and O–H groups in total. The SMILES string of the molecule is CS(=O)(=O)c1ccc(-c2cnc([C@@H]3CCCNC3)cn2)cc1. The van der Waals surface area contributed by atoms with Crippen molar-refractivity contribution in [3.8, 4) is 11.3 Å². The van der Waals surface area contributed by atoms with Gasteiger partial charge in [-0.2, -0.15) is 0 Å². The summed E-state index contributed by atoms with van der Waals surface area (Å²) in [7, 11) is -3.17. The molecule has 1 fully saturated rings. The molecular weight excluding hydrogens is 298 g/mol. The third kappa shape index (κ3) is 3.34. The highest BCUT2D eigenvalue weighted by Gasteiger charge is 2.16. The largest absolute Gasteiger partial charge is 0.316 e. The van der Waals surface area contributed by atoms with Crippen molar-refractivity contribution >= 4 is 9.84 Å². The second-order valence-electron chi connectivity index (χ2n) is 5.67. The van der Waals surface area contributed by atoms with E-state index in [4.69, 9.17) is 0 Å². The van der Waals surface area contributed by atoms with Gasteiger partial charge in [0.2, 0.25) is 0 Å². The normalized spacial score (nSPS) is 19.0. The van der Waals surface area contributed by atoms with E-state index in [0.29, 0.717) is 10.8 Å². The Morgan fingerprint density at radius 1 is 1.14 bits per heavy atom. The highest BCUT2D eigenvalue weighted by atomic mass is 32.2. The maximum atomic E-state index is 11.5. The van der Waals surface area contributed by atoms with E-state index in [1.807, 2.05) is 6.20 Å². The van der Waals surface area contributed by atoms with Gasteiger partial charge >= 0.3 is 0 Å². The summed E-state index contributed by atoms with van der Waals surface area (Å²) in [6, 6.07) is 6.74. The molecule has 1 aromatic carbocycles. The second kappa shape index (κ2) is 6.14. The molecule has 0 spiro atoms. The molecule has 0 aliphatic carbocycles.